The number of phosphoric acid groups is 1. The lowest BCUT2D eigenvalue weighted by atomic mass is 10.1. The van der Waals surface area contributed by atoms with Crippen LogP contribution in [0.15, 0.2) is 23.8 Å². The minimum atomic E-state index is -5.14. The molecule has 0 aromatic carbocycles. The second-order valence-corrected chi connectivity index (χ2v) is 12.4. The minimum absolute atomic E-state index is 0.0475. The highest BCUT2D eigenvalue weighted by molar-refractivity contribution is 7.47. The van der Waals surface area contributed by atoms with Crippen molar-refractivity contribution in [2.75, 3.05) is 31.0 Å². The highest BCUT2D eigenvalue weighted by Gasteiger charge is 2.52. The average molecular weight is 691 g/mol. The Morgan fingerprint density at radius 3 is 2.48 bits per heavy atom. The van der Waals surface area contributed by atoms with Gasteiger partial charge in [0.25, 0.3) is 11.9 Å². The van der Waals surface area contributed by atoms with E-state index >= 15 is 4.39 Å². The van der Waals surface area contributed by atoms with Gasteiger partial charge in [0.15, 0.2) is 41.3 Å². The SMILES string of the molecule is Nc1nc2c(ncn2[C@@H]2O[C@H](COP(=O)(O)OC3C(O)[C@H](n4cnc5c(N)ncnc54)O[C@@H]3CO)[C@H](OC[P+](=O)O)C2F)c(=O)[nH]1. The molecule has 4 aromatic heterocycles. The number of imidazole rings is 2. The zero-order valence-corrected chi connectivity index (χ0v) is 24.9. The van der Waals surface area contributed by atoms with Gasteiger partial charge in [0.2, 0.25) is 5.95 Å². The van der Waals surface area contributed by atoms with Crippen LogP contribution in [0.3, 0.4) is 0 Å². The van der Waals surface area contributed by atoms with Gasteiger partial charge in [0.05, 0.1) is 25.9 Å². The number of nitrogens with one attached hydrogen (secondary N) is 1. The number of nitrogen functional groups attached to an aromatic ring is 2. The molecule has 0 spiro atoms. The van der Waals surface area contributed by atoms with Gasteiger partial charge in [-0.05, 0) is 4.57 Å². The Morgan fingerprint density at radius 1 is 1.07 bits per heavy atom. The first-order valence-corrected chi connectivity index (χ1v) is 16.1. The number of alkyl halides is 1. The van der Waals surface area contributed by atoms with Crippen LogP contribution in [0.4, 0.5) is 16.2 Å². The Kier molecular flexibility index (Phi) is 8.82. The van der Waals surface area contributed by atoms with Gasteiger partial charge in [-0.1, -0.05) is 0 Å². The zero-order valence-electron chi connectivity index (χ0n) is 23.1. The normalized spacial score (nSPS) is 29.9. The number of nitrogens with zero attached hydrogens (tertiary/aromatic N) is 7. The molecule has 10 atom stereocenters. The maximum Gasteiger partial charge on any atom is 0.534 e. The maximum absolute atomic E-state index is 15.7. The summed E-state index contributed by atoms with van der Waals surface area (Å²) in [5.74, 6) is -0.248. The second-order valence-electron chi connectivity index (χ2n) is 10.1. The number of aromatic nitrogens is 8. The number of aliphatic hydroxyl groups is 2. The molecule has 0 radical (unpaired) electrons. The summed E-state index contributed by atoms with van der Waals surface area (Å²) in [4.78, 5) is 54.0. The molecular weight excluding hydrogens is 665 g/mol. The van der Waals surface area contributed by atoms with Crippen LogP contribution < -0.4 is 17.0 Å². The van der Waals surface area contributed by atoms with E-state index in [9.17, 15) is 33.9 Å². The quantitative estimate of drug-likeness (QED) is 0.0852. The first-order valence-electron chi connectivity index (χ1n) is 13.2. The van der Waals surface area contributed by atoms with E-state index in [2.05, 4.69) is 29.9 Å². The van der Waals surface area contributed by atoms with Crippen molar-refractivity contribution >= 4 is 49.9 Å². The number of phosphoric ester groups is 1. The molecule has 6 rings (SSSR count). The number of aromatic amines is 1. The van der Waals surface area contributed by atoms with E-state index in [1.165, 1.54) is 10.9 Å². The number of H-pyrrole nitrogens is 1. The van der Waals surface area contributed by atoms with Gasteiger partial charge in [0.1, 0.15) is 42.4 Å². The van der Waals surface area contributed by atoms with Gasteiger partial charge < -0.3 is 40.8 Å². The number of hydrogen-bond donors (Lipinski definition) is 7. The van der Waals surface area contributed by atoms with Crippen molar-refractivity contribution in [3.8, 4) is 0 Å². The van der Waals surface area contributed by atoms with Crippen molar-refractivity contribution in [1.82, 2.24) is 39.0 Å². The number of hydrogen-bond acceptors (Lipinski definition) is 17. The molecule has 4 aromatic rings. The molecule has 2 aliphatic heterocycles. The van der Waals surface area contributed by atoms with Gasteiger partial charge in [-0.15, -0.1) is 0 Å². The van der Waals surface area contributed by atoms with Crippen LogP contribution in [-0.2, 0) is 32.4 Å². The van der Waals surface area contributed by atoms with Crippen molar-refractivity contribution in [2.24, 2.45) is 0 Å². The van der Waals surface area contributed by atoms with Crippen molar-refractivity contribution in [2.45, 2.75) is 49.1 Å². The summed E-state index contributed by atoms with van der Waals surface area (Å²) in [6, 6.07) is 0. The average Bonchev–Trinajstić information content (AvgIpc) is 3.76. The number of aliphatic hydroxyl groups excluding tert-OH is 2. The Labute approximate surface area is 255 Å². The smallest absolute Gasteiger partial charge is 0.394 e. The summed E-state index contributed by atoms with van der Waals surface area (Å²) in [7, 11) is -8.02. The topological polar surface area (TPSA) is 320 Å². The third-order valence-electron chi connectivity index (χ3n) is 7.18. The molecule has 9 N–H and O–H groups in total. The van der Waals surface area contributed by atoms with Crippen LogP contribution >= 0.6 is 15.9 Å². The molecule has 0 aliphatic carbocycles. The fraction of sp³-hybridized carbons (Fsp3) is 0.524. The molecule has 0 saturated carbocycles. The lowest BCUT2D eigenvalue weighted by Crippen LogP contribution is -2.36. The van der Waals surface area contributed by atoms with Crippen LogP contribution in [-0.4, -0.2) is 115 Å². The van der Waals surface area contributed by atoms with Crippen LogP contribution in [0.25, 0.3) is 22.3 Å². The third kappa shape index (κ3) is 5.98. The summed E-state index contributed by atoms with van der Waals surface area (Å²) in [5, 5.41) is 20.9. The summed E-state index contributed by atoms with van der Waals surface area (Å²) in [6.07, 6.45) is -10.2. The number of fused-ring (bicyclic) bond motifs is 2. The number of nitrogens with two attached hydrogens (primary N) is 2. The van der Waals surface area contributed by atoms with E-state index in [0.29, 0.717) is 0 Å². The fourth-order valence-electron chi connectivity index (χ4n) is 5.17. The van der Waals surface area contributed by atoms with Crippen LogP contribution in [0.1, 0.15) is 12.5 Å². The highest BCUT2D eigenvalue weighted by atomic mass is 31.2. The summed E-state index contributed by atoms with van der Waals surface area (Å²) in [6.45, 7) is -1.63. The summed E-state index contributed by atoms with van der Waals surface area (Å²) >= 11 is 0. The predicted molar refractivity (Wildman–Crippen MR) is 148 cm³/mol. The molecule has 46 heavy (non-hydrogen) atoms. The Morgan fingerprint density at radius 2 is 1.76 bits per heavy atom. The standard InChI is InChI=1S/C21H25FN10O12P2/c22-9-13(40-6-45(36)37)8(43-19(9)32-5-28-11-17(32)29-21(24)30-18(11)35)2-41-46(38,39)44-14-7(1-33)42-20(12(14)34)31-4-27-10-15(23)25-3-26-16(10)31/h3-5,7-9,12-14,19-20,33-34H,1-2,6H2,(H6-,23,24,25,26,29,30,35,36,37,38,39)/p+1/t7-,8-,9?,12?,13+,14?,19-,20-/m1/s1. The first kappa shape index (κ1) is 32.3. The number of rotatable bonds is 11. The van der Waals surface area contributed by atoms with E-state index in [0.717, 1.165) is 17.2 Å². The van der Waals surface area contributed by atoms with Crippen LogP contribution in [0, 0.1) is 0 Å². The molecule has 0 bridgehead atoms. The Balaban J connectivity index is 1.19. The van der Waals surface area contributed by atoms with Gasteiger partial charge in [-0.2, -0.15) is 9.88 Å². The molecular formula is C21H26FN10O12P2+. The monoisotopic (exact) mass is 691 g/mol. The van der Waals surface area contributed by atoms with Gasteiger partial charge in [-0.3, -0.25) is 28.0 Å². The fourth-order valence-corrected chi connectivity index (χ4v) is 6.43. The largest absolute Gasteiger partial charge is 0.534 e. The van der Waals surface area contributed by atoms with Crippen molar-refractivity contribution in [3.05, 3.63) is 29.3 Å². The van der Waals surface area contributed by atoms with Gasteiger partial charge in [0, 0.05) is 0 Å². The van der Waals surface area contributed by atoms with E-state index in [1.54, 1.807) is 0 Å². The lowest BCUT2D eigenvalue weighted by Gasteiger charge is -2.24. The number of halogens is 1. The molecule has 22 nitrogen and oxygen atoms in total. The van der Waals surface area contributed by atoms with E-state index < -0.39 is 90.1 Å². The van der Waals surface area contributed by atoms with Crippen molar-refractivity contribution < 1.29 is 56.8 Å². The summed E-state index contributed by atoms with van der Waals surface area (Å²) < 4.78 is 69.2. The maximum atomic E-state index is 15.7. The van der Waals surface area contributed by atoms with Crippen molar-refractivity contribution in [1.29, 1.82) is 0 Å². The molecule has 0 amide bonds. The lowest BCUT2D eigenvalue weighted by molar-refractivity contribution is -0.0619. The van der Waals surface area contributed by atoms with E-state index in [1.807, 2.05) is 0 Å². The Bertz CT molecular complexity index is 1880. The molecule has 2 aliphatic rings. The third-order valence-corrected chi connectivity index (χ3v) is 8.53. The molecule has 25 heteroatoms. The van der Waals surface area contributed by atoms with Crippen LogP contribution in [0.2, 0.25) is 0 Å². The van der Waals surface area contributed by atoms with Gasteiger partial charge in [-0.25, -0.2) is 28.9 Å². The summed E-state index contributed by atoms with van der Waals surface area (Å²) in [5.41, 5.74) is 10.7. The van der Waals surface area contributed by atoms with Gasteiger partial charge >= 0.3 is 15.9 Å². The minimum Gasteiger partial charge on any atom is -0.394 e. The molecule has 5 unspecified atom stereocenters. The Hall–Kier alpha value is -3.60. The molecule has 6 heterocycles. The number of ether oxygens (including phenoxy) is 3. The second kappa shape index (κ2) is 12.5. The molecule has 248 valence electrons. The molecule has 2 saturated heterocycles. The molecule has 2 fully saturated rings. The first-order chi connectivity index (χ1) is 21.9. The number of anilines is 2. The zero-order chi connectivity index (χ0) is 32.9. The van der Waals surface area contributed by atoms with E-state index in [-0.39, 0.29) is 34.1 Å². The predicted octanol–water partition coefficient (Wildman–Crippen LogP) is -1.81. The highest BCUT2D eigenvalue weighted by Crippen LogP contribution is 2.49. The van der Waals surface area contributed by atoms with Crippen molar-refractivity contribution in [3.63, 3.8) is 0 Å². The van der Waals surface area contributed by atoms with Crippen LogP contribution in [0.5, 0.6) is 0 Å². The van der Waals surface area contributed by atoms with E-state index in [4.69, 9.17) is 34.7 Å².